The zero-order chi connectivity index (χ0) is 16.5. The Bertz CT molecular complexity index is 616. The van der Waals surface area contributed by atoms with E-state index in [4.69, 9.17) is 0 Å². The predicted molar refractivity (Wildman–Crippen MR) is 103 cm³/mol. The number of rotatable bonds is 3. The van der Waals surface area contributed by atoms with Gasteiger partial charge in [-0.25, -0.2) is 5.57 Å². The van der Waals surface area contributed by atoms with Crippen LogP contribution in [0.3, 0.4) is 0 Å². The molecule has 5 heteroatoms. The van der Waals surface area contributed by atoms with Crippen LogP contribution in [0, 0.1) is 11.5 Å². The number of hydrogen-bond donors (Lipinski definition) is 0. The van der Waals surface area contributed by atoms with Crippen LogP contribution in [0.25, 0.3) is 0 Å². The summed E-state index contributed by atoms with van der Waals surface area (Å²) < 4.78 is 0. The monoisotopic (exact) mass is 476 g/mol. The summed E-state index contributed by atoms with van der Waals surface area (Å²) in [5, 5.41) is 3.33. The van der Waals surface area contributed by atoms with Crippen LogP contribution in [-0.2, 0) is 21.7 Å². The Labute approximate surface area is 201 Å². The van der Waals surface area contributed by atoms with Crippen LogP contribution in [0.5, 0.6) is 0 Å². The molecule has 1 fully saturated rings. The summed E-state index contributed by atoms with van der Waals surface area (Å²) in [7, 11) is -1.70. The molecule has 0 nitrogen and oxygen atoms in total. The van der Waals surface area contributed by atoms with Gasteiger partial charge in [0.2, 0.25) is 0 Å². The molecular formula is C22H31Cl3SiTi. The Morgan fingerprint density at radius 1 is 0.926 bits per heavy atom. The van der Waals surface area contributed by atoms with Crippen molar-refractivity contribution in [1.29, 1.82) is 0 Å². The van der Waals surface area contributed by atoms with E-state index >= 15 is 0 Å². The minimum Gasteiger partial charge on any atom is -1.00 e. The number of hydrogen-bond acceptors (Lipinski definition) is 0. The van der Waals surface area contributed by atoms with E-state index in [0.29, 0.717) is 0 Å². The van der Waals surface area contributed by atoms with Gasteiger partial charge in [-0.1, -0.05) is 100 Å². The average Bonchev–Trinajstić information content (AvgIpc) is 3.06. The maximum atomic E-state index is 3.72. The van der Waals surface area contributed by atoms with Crippen molar-refractivity contribution in [2.45, 2.75) is 71.4 Å². The summed E-state index contributed by atoms with van der Waals surface area (Å²) in [6.45, 7) is 9.71. The first-order valence-corrected chi connectivity index (χ1v) is 11.9. The smallest absolute Gasteiger partial charge is 1.00 e. The summed E-state index contributed by atoms with van der Waals surface area (Å²) in [4.78, 5) is 0. The van der Waals surface area contributed by atoms with Crippen molar-refractivity contribution in [3.8, 4) is 0 Å². The second-order valence-corrected chi connectivity index (χ2v) is 12.9. The summed E-state index contributed by atoms with van der Waals surface area (Å²) in [6, 6.07) is 11.4. The van der Waals surface area contributed by atoms with Crippen molar-refractivity contribution in [3.63, 3.8) is 0 Å². The fourth-order valence-electron chi connectivity index (χ4n) is 4.67. The van der Waals surface area contributed by atoms with E-state index in [9.17, 15) is 0 Å². The summed E-state index contributed by atoms with van der Waals surface area (Å²) >= 11 is 0. The molecule has 0 bridgehead atoms. The molecular weight excluding hydrogens is 447 g/mol. The number of benzene rings is 1. The molecule has 0 radical (unpaired) electrons. The van der Waals surface area contributed by atoms with Crippen molar-refractivity contribution in [2.24, 2.45) is 5.41 Å². The molecule has 2 aliphatic carbocycles. The molecule has 0 amide bonds. The van der Waals surface area contributed by atoms with Crippen LogP contribution in [0.4, 0.5) is 0 Å². The minimum atomic E-state index is -1.70. The third-order valence-electron chi connectivity index (χ3n) is 5.96. The maximum absolute atomic E-state index is 3.72. The third-order valence-corrected chi connectivity index (χ3v) is 11.3. The maximum Gasteiger partial charge on any atom is 4.00 e. The molecule has 1 aromatic rings. The Kier molecular flexibility index (Phi) is 13.5. The molecule has 0 aromatic heterocycles. The topological polar surface area (TPSA) is 0 Å². The first-order chi connectivity index (χ1) is 10.9. The van der Waals surface area contributed by atoms with Crippen LogP contribution < -0.4 is 42.4 Å². The number of halogens is 3. The Morgan fingerprint density at radius 2 is 1.48 bits per heavy atom. The Morgan fingerprint density at radius 3 is 2.00 bits per heavy atom. The van der Waals surface area contributed by atoms with E-state index in [1.54, 1.807) is 10.4 Å². The number of allylic oxidation sites excluding steroid dienone is 4. The summed E-state index contributed by atoms with van der Waals surface area (Å²) in [5.41, 5.74) is 2.61. The van der Waals surface area contributed by atoms with Crippen molar-refractivity contribution < 1.29 is 58.9 Å². The first-order valence-electron chi connectivity index (χ1n) is 9.32. The molecule has 0 saturated heterocycles. The van der Waals surface area contributed by atoms with Crippen LogP contribution in [0.15, 0.2) is 47.2 Å². The second kappa shape index (κ2) is 12.3. The molecule has 27 heavy (non-hydrogen) atoms. The molecule has 3 rings (SSSR count). The zero-order valence-electron chi connectivity index (χ0n) is 16.9. The van der Waals surface area contributed by atoms with Gasteiger partial charge in [0.1, 0.15) is 0 Å². The molecule has 1 atom stereocenters. The molecule has 2 aliphatic rings. The normalized spacial score (nSPS) is 19.1. The van der Waals surface area contributed by atoms with E-state index in [1.807, 2.05) is 0 Å². The van der Waals surface area contributed by atoms with Gasteiger partial charge in [-0.15, -0.1) is 6.42 Å². The summed E-state index contributed by atoms with van der Waals surface area (Å²) in [6.07, 6.45) is 14.4. The molecule has 0 N–H and O–H groups in total. The van der Waals surface area contributed by atoms with Crippen molar-refractivity contribution in [2.75, 3.05) is 0 Å². The standard InChI is InChI=1S/C22H31Si.3ClH.Ti/c1-22(2,3)20-16-11-17-21(20)23(4,18-12-7-5-8-13-18)19-14-9-6-10-15-19;;;;/h5,7-8,12-13,17,19H,6,9-11,14-15H2,1-4H3;3*1H;/q-1;;;;+4/p-3. The van der Waals surface area contributed by atoms with Gasteiger partial charge in [0, 0.05) is 8.07 Å². The van der Waals surface area contributed by atoms with Crippen molar-refractivity contribution in [1.82, 2.24) is 0 Å². The Hall–Kier alpha value is 0.501. The zero-order valence-corrected chi connectivity index (χ0v) is 21.7. The summed E-state index contributed by atoms with van der Waals surface area (Å²) in [5.74, 6) is 0. The van der Waals surface area contributed by atoms with Gasteiger partial charge in [-0.05, 0) is 5.41 Å². The van der Waals surface area contributed by atoms with E-state index in [1.165, 1.54) is 37.7 Å². The minimum absolute atomic E-state index is 0. The second-order valence-electron chi connectivity index (χ2n) is 8.53. The first kappa shape index (κ1) is 29.7. The van der Waals surface area contributed by atoms with Crippen LogP contribution in [0.1, 0.15) is 59.3 Å². The van der Waals surface area contributed by atoms with Gasteiger partial charge in [0.15, 0.2) is 0 Å². The van der Waals surface area contributed by atoms with Crippen molar-refractivity contribution >= 4 is 13.3 Å². The molecule has 0 aliphatic heterocycles. The fraction of sp³-hybridized carbons (Fsp3) is 0.545. The third kappa shape index (κ3) is 6.24. The molecule has 1 aromatic carbocycles. The van der Waals surface area contributed by atoms with Gasteiger partial charge >= 0.3 is 21.7 Å². The van der Waals surface area contributed by atoms with Gasteiger partial charge in [0.05, 0.1) is 0 Å². The van der Waals surface area contributed by atoms with Crippen LogP contribution in [0.2, 0.25) is 12.1 Å². The molecule has 1 saturated carbocycles. The molecule has 0 spiro atoms. The van der Waals surface area contributed by atoms with Crippen LogP contribution in [-0.4, -0.2) is 8.07 Å². The van der Waals surface area contributed by atoms with Crippen molar-refractivity contribution in [3.05, 3.63) is 53.3 Å². The van der Waals surface area contributed by atoms with Gasteiger partial charge < -0.3 is 37.2 Å². The Balaban J connectivity index is 0. The molecule has 1 unspecified atom stereocenters. The van der Waals surface area contributed by atoms with E-state index in [2.05, 4.69) is 69.8 Å². The van der Waals surface area contributed by atoms with E-state index in [-0.39, 0.29) is 64.4 Å². The predicted octanol–water partition coefficient (Wildman–Crippen LogP) is -3.04. The van der Waals surface area contributed by atoms with Gasteiger partial charge in [-0.2, -0.15) is 11.3 Å². The molecule has 148 valence electrons. The van der Waals surface area contributed by atoms with E-state index < -0.39 is 8.07 Å². The van der Waals surface area contributed by atoms with E-state index in [0.717, 1.165) is 12.0 Å². The van der Waals surface area contributed by atoms with Crippen LogP contribution >= 0.6 is 0 Å². The average molecular weight is 478 g/mol. The van der Waals surface area contributed by atoms with Gasteiger partial charge in [-0.3, -0.25) is 6.08 Å². The SMILES string of the molecule is CC(C)(C)C1=[C-]CC=C1[Si](C)(c1ccccc1)C1CCCCC1.[Cl-].[Cl-].[Cl-].[Ti+4]. The van der Waals surface area contributed by atoms with Gasteiger partial charge in [0.25, 0.3) is 0 Å². The molecule has 0 heterocycles. The largest absolute Gasteiger partial charge is 4.00 e. The quantitative estimate of drug-likeness (QED) is 0.321. The fourth-order valence-corrected chi connectivity index (χ4v) is 9.85.